The Morgan fingerprint density at radius 1 is 1.36 bits per heavy atom. The van der Waals surface area contributed by atoms with E-state index in [9.17, 15) is 19.2 Å². The Balaban J connectivity index is 2.73. The zero-order valence-electron chi connectivity index (χ0n) is 13.1. The van der Waals surface area contributed by atoms with Crippen LogP contribution in [0, 0.1) is 0 Å². The summed E-state index contributed by atoms with van der Waals surface area (Å²) < 4.78 is 9.58. The third-order valence-corrected chi connectivity index (χ3v) is 3.44. The molecule has 1 N–H and O–H groups in total. The molecule has 1 saturated heterocycles. The van der Waals surface area contributed by atoms with Crippen molar-refractivity contribution in [1.29, 1.82) is 0 Å². The number of nitrogens with zero attached hydrogens (tertiary/aromatic N) is 1. The lowest BCUT2D eigenvalue weighted by molar-refractivity contribution is -0.156. The highest BCUT2D eigenvalue weighted by atomic mass is 16.5. The Morgan fingerprint density at radius 3 is 2.64 bits per heavy atom. The van der Waals surface area contributed by atoms with Crippen molar-refractivity contribution < 1.29 is 28.7 Å². The average Bonchev–Trinajstić information content (AvgIpc) is 2.48. The molecule has 0 aliphatic carbocycles. The van der Waals surface area contributed by atoms with Gasteiger partial charge in [-0.3, -0.25) is 19.2 Å². The van der Waals surface area contributed by atoms with Gasteiger partial charge in [0.2, 0.25) is 11.8 Å². The molecule has 0 bridgehead atoms. The summed E-state index contributed by atoms with van der Waals surface area (Å²) in [6.07, 6.45) is -0.282. The molecule has 2 unspecified atom stereocenters. The summed E-state index contributed by atoms with van der Waals surface area (Å²) in [6.45, 7) is 4.14. The lowest BCUT2D eigenvalue weighted by Crippen LogP contribution is -2.58. The highest BCUT2D eigenvalue weighted by Crippen LogP contribution is 2.13. The number of carbonyl (C=O) groups is 4. The van der Waals surface area contributed by atoms with Crippen LogP contribution in [0.3, 0.4) is 0 Å². The number of ether oxygens (including phenoxy) is 2. The van der Waals surface area contributed by atoms with Crippen molar-refractivity contribution in [2.75, 3.05) is 20.2 Å². The Kier molecular flexibility index (Phi) is 6.81. The molecule has 0 aromatic carbocycles. The van der Waals surface area contributed by atoms with Crippen molar-refractivity contribution in [2.45, 2.75) is 45.3 Å². The highest BCUT2D eigenvalue weighted by molar-refractivity contribution is 5.98. The van der Waals surface area contributed by atoms with E-state index >= 15 is 0 Å². The van der Waals surface area contributed by atoms with Crippen LogP contribution in [-0.4, -0.2) is 61.0 Å². The quantitative estimate of drug-likeness (QED) is 0.529. The summed E-state index contributed by atoms with van der Waals surface area (Å²) in [5.41, 5.74) is 0. The van der Waals surface area contributed by atoms with Gasteiger partial charge in [-0.15, -0.1) is 0 Å². The van der Waals surface area contributed by atoms with Gasteiger partial charge in [0.1, 0.15) is 12.5 Å². The molecule has 0 saturated carbocycles. The van der Waals surface area contributed by atoms with E-state index in [0.29, 0.717) is 6.42 Å². The average molecular weight is 314 g/mol. The number of carbonyl (C=O) groups excluding carboxylic acids is 4. The molecule has 2 atom stereocenters. The fourth-order valence-corrected chi connectivity index (χ4v) is 2.03. The molecule has 1 aliphatic rings. The normalized spacial score (nSPS) is 19.1. The number of rotatable bonds is 6. The first kappa shape index (κ1) is 17.9. The molecule has 0 radical (unpaired) electrons. The molecule has 0 aromatic heterocycles. The molecule has 8 nitrogen and oxygen atoms in total. The largest absolute Gasteiger partial charge is 0.469 e. The van der Waals surface area contributed by atoms with Crippen LogP contribution in [0.1, 0.15) is 33.1 Å². The van der Waals surface area contributed by atoms with Gasteiger partial charge in [0.15, 0.2) is 0 Å². The van der Waals surface area contributed by atoms with Gasteiger partial charge in [-0.05, 0) is 13.3 Å². The minimum Gasteiger partial charge on any atom is -0.469 e. The maximum Gasteiger partial charge on any atom is 0.315 e. The first-order valence-corrected chi connectivity index (χ1v) is 7.22. The smallest absolute Gasteiger partial charge is 0.315 e. The van der Waals surface area contributed by atoms with Crippen LogP contribution in [0.15, 0.2) is 0 Å². The van der Waals surface area contributed by atoms with Gasteiger partial charge in [0.25, 0.3) is 0 Å². The monoisotopic (exact) mass is 314 g/mol. The summed E-state index contributed by atoms with van der Waals surface area (Å²) in [5, 5.41) is 2.60. The van der Waals surface area contributed by atoms with Crippen LogP contribution < -0.4 is 5.32 Å². The molecule has 2 amide bonds. The van der Waals surface area contributed by atoms with Crippen LogP contribution in [0.4, 0.5) is 0 Å². The minimum atomic E-state index is -0.956. The van der Waals surface area contributed by atoms with Gasteiger partial charge in [-0.2, -0.15) is 0 Å². The molecule has 1 heterocycles. The van der Waals surface area contributed by atoms with E-state index in [4.69, 9.17) is 4.74 Å². The number of esters is 2. The van der Waals surface area contributed by atoms with Gasteiger partial charge in [-0.1, -0.05) is 6.92 Å². The molecular formula is C14H22N2O6. The summed E-state index contributed by atoms with van der Waals surface area (Å²) in [4.78, 5) is 48.3. The van der Waals surface area contributed by atoms with Crippen molar-refractivity contribution >= 4 is 23.8 Å². The second-order valence-electron chi connectivity index (χ2n) is 5.06. The first-order chi connectivity index (χ1) is 10.4. The number of nitrogens with one attached hydrogen (secondary N) is 1. The molecule has 0 spiro atoms. The maximum atomic E-state index is 12.1. The van der Waals surface area contributed by atoms with E-state index < -0.39 is 36.2 Å². The topological polar surface area (TPSA) is 102 Å². The van der Waals surface area contributed by atoms with Crippen molar-refractivity contribution in [1.82, 2.24) is 10.2 Å². The van der Waals surface area contributed by atoms with Gasteiger partial charge in [0.05, 0.1) is 19.6 Å². The SMILES string of the molecule is CCC(C)OC(=O)CC1C(=O)NCCN1C(=O)CC(=O)OC. The Morgan fingerprint density at radius 2 is 2.05 bits per heavy atom. The Bertz CT molecular complexity index is 451. The predicted molar refractivity (Wildman–Crippen MR) is 75.6 cm³/mol. The van der Waals surface area contributed by atoms with Crippen LogP contribution >= 0.6 is 0 Å². The molecule has 22 heavy (non-hydrogen) atoms. The molecule has 124 valence electrons. The van der Waals surface area contributed by atoms with E-state index in [2.05, 4.69) is 10.1 Å². The van der Waals surface area contributed by atoms with Crippen LogP contribution in [0.5, 0.6) is 0 Å². The van der Waals surface area contributed by atoms with E-state index in [-0.39, 0.29) is 25.6 Å². The van der Waals surface area contributed by atoms with Crippen molar-refractivity contribution in [3.05, 3.63) is 0 Å². The van der Waals surface area contributed by atoms with E-state index in [1.165, 1.54) is 12.0 Å². The summed E-state index contributed by atoms with van der Waals surface area (Å²) in [5.74, 6) is -2.20. The number of methoxy groups -OCH3 is 1. The molecule has 0 aromatic rings. The number of hydrogen-bond donors (Lipinski definition) is 1. The summed E-state index contributed by atoms with van der Waals surface area (Å²) in [7, 11) is 1.18. The second-order valence-corrected chi connectivity index (χ2v) is 5.06. The first-order valence-electron chi connectivity index (χ1n) is 7.22. The molecule has 8 heteroatoms. The highest BCUT2D eigenvalue weighted by Gasteiger charge is 2.36. The summed E-state index contributed by atoms with van der Waals surface area (Å²) in [6, 6.07) is -0.956. The lowest BCUT2D eigenvalue weighted by atomic mass is 10.1. The minimum absolute atomic E-state index is 0.233. The number of piperazine rings is 1. The fourth-order valence-electron chi connectivity index (χ4n) is 2.03. The van der Waals surface area contributed by atoms with Crippen molar-refractivity contribution in [2.24, 2.45) is 0 Å². The lowest BCUT2D eigenvalue weighted by Gasteiger charge is -2.34. The molecule has 1 fully saturated rings. The predicted octanol–water partition coefficient (Wildman–Crippen LogP) is -0.392. The van der Waals surface area contributed by atoms with Gasteiger partial charge in [0, 0.05) is 13.1 Å². The van der Waals surface area contributed by atoms with Gasteiger partial charge >= 0.3 is 11.9 Å². The summed E-state index contributed by atoms with van der Waals surface area (Å²) >= 11 is 0. The van der Waals surface area contributed by atoms with Crippen LogP contribution in [0.2, 0.25) is 0 Å². The Labute approximate surface area is 129 Å². The third kappa shape index (κ3) is 5.01. The zero-order valence-corrected chi connectivity index (χ0v) is 13.1. The Hall–Kier alpha value is -2.12. The van der Waals surface area contributed by atoms with Gasteiger partial charge < -0.3 is 19.7 Å². The van der Waals surface area contributed by atoms with E-state index in [1.807, 2.05) is 6.92 Å². The van der Waals surface area contributed by atoms with E-state index in [0.717, 1.165) is 0 Å². The number of amides is 2. The number of hydrogen-bond acceptors (Lipinski definition) is 6. The third-order valence-electron chi connectivity index (χ3n) is 3.44. The van der Waals surface area contributed by atoms with E-state index in [1.54, 1.807) is 6.92 Å². The maximum absolute atomic E-state index is 12.1. The second kappa shape index (κ2) is 8.35. The van der Waals surface area contributed by atoms with Gasteiger partial charge in [-0.25, -0.2) is 0 Å². The molecular weight excluding hydrogens is 292 g/mol. The van der Waals surface area contributed by atoms with Crippen molar-refractivity contribution in [3.8, 4) is 0 Å². The van der Waals surface area contributed by atoms with Crippen molar-refractivity contribution in [3.63, 3.8) is 0 Å². The molecule has 1 aliphatic heterocycles. The standard InChI is InChI=1S/C14H22N2O6/c1-4-9(2)22-13(19)7-10-14(20)15-5-6-16(10)11(17)8-12(18)21-3/h9-10H,4-8H2,1-3H3,(H,15,20). The molecule has 1 rings (SSSR count). The van der Waals surface area contributed by atoms with Crippen LogP contribution in [-0.2, 0) is 28.7 Å². The van der Waals surface area contributed by atoms with Crippen LogP contribution in [0.25, 0.3) is 0 Å². The fraction of sp³-hybridized carbons (Fsp3) is 0.714. The zero-order chi connectivity index (χ0) is 16.7.